The molecule has 30 heavy (non-hydrogen) atoms. The molecule has 1 aliphatic heterocycles. The summed E-state index contributed by atoms with van der Waals surface area (Å²) < 4.78 is 12.0. The van der Waals surface area contributed by atoms with Crippen LogP contribution in [0.3, 0.4) is 0 Å². The van der Waals surface area contributed by atoms with Gasteiger partial charge in [-0.1, -0.05) is 0 Å². The number of aromatic nitrogens is 4. The van der Waals surface area contributed by atoms with Gasteiger partial charge in [-0.2, -0.15) is 4.98 Å². The van der Waals surface area contributed by atoms with E-state index in [1.165, 1.54) is 0 Å². The molecular weight excluding hydrogens is 378 g/mol. The van der Waals surface area contributed by atoms with E-state index in [2.05, 4.69) is 38.9 Å². The number of aryl methyl sites for hydroxylation is 1. The topological polar surface area (TPSA) is 73.3 Å². The summed E-state index contributed by atoms with van der Waals surface area (Å²) in [5, 5.41) is 0.989. The summed E-state index contributed by atoms with van der Waals surface area (Å²) in [5.41, 5.74) is 3.13. The molecule has 4 heterocycles. The maximum Gasteiger partial charge on any atom is 0.225 e. The van der Waals surface area contributed by atoms with Crippen LogP contribution in [-0.2, 0) is 4.74 Å². The van der Waals surface area contributed by atoms with E-state index in [1.807, 2.05) is 12.4 Å². The van der Waals surface area contributed by atoms with Crippen molar-refractivity contribution in [3.8, 4) is 5.88 Å². The monoisotopic (exact) mass is 405 g/mol. The van der Waals surface area contributed by atoms with Crippen molar-refractivity contribution >= 4 is 16.7 Å². The predicted molar refractivity (Wildman–Crippen MR) is 115 cm³/mol. The molecule has 0 atom stereocenters. The van der Waals surface area contributed by atoms with Gasteiger partial charge in [0.2, 0.25) is 5.88 Å². The number of morpholine rings is 1. The van der Waals surface area contributed by atoms with Crippen molar-refractivity contribution in [2.75, 3.05) is 31.2 Å². The van der Waals surface area contributed by atoms with Crippen LogP contribution in [0.5, 0.6) is 5.88 Å². The van der Waals surface area contributed by atoms with E-state index in [0.29, 0.717) is 11.8 Å². The van der Waals surface area contributed by atoms with Gasteiger partial charge in [0.15, 0.2) is 0 Å². The standard InChI is InChI=1S/C23H27N5O2/c1-16-12-19-20(26-14-16)13-22(28-8-10-29-11-9-28)27-23(19)30-18-4-2-17(3-5-18)21-15-24-6-7-25-21/h6-7,12-15,17-18H,2-5,8-11H2,1H3. The second-order valence-corrected chi connectivity index (χ2v) is 8.19. The smallest absolute Gasteiger partial charge is 0.225 e. The summed E-state index contributed by atoms with van der Waals surface area (Å²) in [5.74, 6) is 2.09. The first-order valence-electron chi connectivity index (χ1n) is 10.8. The Kier molecular flexibility index (Phi) is 5.45. The molecule has 0 unspecified atom stereocenters. The highest BCUT2D eigenvalue weighted by Crippen LogP contribution is 2.35. The van der Waals surface area contributed by atoms with Crippen molar-refractivity contribution in [3.63, 3.8) is 0 Å². The van der Waals surface area contributed by atoms with Crippen molar-refractivity contribution in [1.29, 1.82) is 0 Å². The molecule has 3 aromatic rings. The van der Waals surface area contributed by atoms with Gasteiger partial charge in [-0.3, -0.25) is 15.0 Å². The Balaban J connectivity index is 1.37. The average molecular weight is 406 g/mol. The molecule has 1 saturated heterocycles. The summed E-state index contributed by atoms with van der Waals surface area (Å²) in [4.78, 5) is 20.5. The van der Waals surface area contributed by atoms with E-state index in [-0.39, 0.29) is 6.10 Å². The van der Waals surface area contributed by atoms with Crippen molar-refractivity contribution in [2.24, 2.45) is 0 Å². The van der Waals surface area contributed by atoms with Gasteiger partial charge >= 0.3 is 0 Å². The fraction of sp³-hybridized carbons (Fsp3) is 0.478. The highest BCUT2D eigenvalue weighted by molar-refractivity contribution is 5.86. The molecule has 1 saturated carbocycles. The van der Waals surface area contributed by atoms with Gasteiger partial charge in [0.05, 0.1) is 29.8 Å². The predicted octanol–water partition coefficient (Wildman–Crippen LogP) is 3.67. The average Bonchev–Trinajstić information content (AvgIpc) is 2.81. The number of pyridine rings is 2. The normalized spacial score (nSPS) is 22.2. The third-order valence-electron chi connectivity index (χ3n) is 6.06. The van der Waals surface area contributed by atoms with E-state index in [1.54, 1.807) is 12.4 Å². The maximum atomic E-state index is 6.49. The van der Waals surface area contributed by atoms with Crippen LogP contribution < -0.4 is 9.64 Å². The van der Waals surface area contributed by atoms with Crippen LogP contribution in [0.4, 0.5) is 5.82 Å². The molecule has 0 radical (unpaired) electrons. The molecule has 0 bridgehead atoms. The van der Waals surface area contributed by atoms with Crippen molar-refractivity contribution in [2.45, 2.75) is 44.6 Å². The molecule has 7 nitrogen and oxygen atoms in total. The van der Waals surface area contributed by atoms with E-state index in [0.717, 1.165) is 80.0 Å². The van der Waals surface area contributed by atoms with E-state index in [9.17, 15) is 0 Å². The second kappa shape index (κ2) is 8.52. The minimum Gasteiger partial charge on any atom is -0.474 e. The van der Waals surface area contributed by atoms with Crippen LogP contribution in [0.2, 0.25) is 0 Å². The van der Waals surface area contributed by atoms with Gasteiger partial charge in [-0.25, -0.2) is 0 Å². The molecular formula is C23H27N5O2. The minimum absolute atomic E-state index is 0.161. The first-order valence-corrected chi connectivity index (χ1v) is 10.8. The van der Waals surface area contributed by atoms with Gasteiger partial charge in [-0.05, 0) is 44.2 Å². The molecule has 0 N–H and O–H groups in total. The van der Waals surface area contributed by atoms with Crippen LogP contribution in [0, 0.1) is 6.92 Å². The Morgan fingerprint density at radius 2 is 1.83 bits per heavy atom. The third kappa shape index (κ3) is 4.07. The van der Waals surface area contributed by atoms with Crippen molar-refractivity contribution in [1.82, 2.24) is 19.9 Å². The van der Waals surface area contributed by atoms with Gasteiger partial charge in [0.25, 0.3) is 0 Å². The number of ether oxygens (including phenoxy) is 2. The Bertz CT molecular complexity index is 999. The number of rotatable bonds is 4. The minimum atomic E-state index is 0.161. The van der Waals surface area contributed by atoms with E-state index >= 15 is 0 Å². The van der Waals surface area contributed by atoms with Crippen LogP contribution in [0.15, 0.2) is 36.9 Å². The quantitative estimate of drug-likeness (QED) is 0.656. The summed E-state index contributed by atoms with van der Waals surface area (Å²) in [7, 11) is 0. The summed E-state index contributed by atoms with van der Waals surface area (Å²) >= 11 is 0. The lowest BCUT2D eigenvalue weighted by molar-refractivity contribution is 0.122. The van der Waals surface area contributed by atoms with Crippen LogP contribution in [0.1, 0.15) is 42.9 Å². The number of anilines is 1. The molecule has 2 fully saturated rings. The Hall–Kier alpha value is -2.80. The lowest BCUT2D eigenvalue weighted by Gasteiger charge is -2.30. The van der Waals surface area contributed by atoms with Gasteiger partial charge in [0.1, 0.15) is 11.9 Å². The molecule has 7 heteroatoms. The Morgan fingerprint density at radius 3 is 2.60 bits per heavy atom. The molecule has 0 aromatic carbocycles. The maximum absolute atomic E-state index is 6.49. The zero-order valence-electron chi connectivity index (χ0n) is 17.3. The lowest BCUT2D eigenvalue weighted by Crippen LogP contribution is -2.36. The van der Waals surface area contributed by atoms with Crippen molar-refractivity contribution < 1.29 is 9.47 Å². The molecule has 0 spiro atoms. The molecule has 5 rings (SSSR count). The SMILES string of the molecule is Cc1cnc2cc(N3CCOCC3)nc(OC3CCC(c4cnccn4)CC3)c2c1. The van der Waals surface area contributed by atoms with Crippen molar-refractivity contribution in [3.05, 3.63) is 48.2 Å². The Labute approximate surface area is 176 Å². The largest absolute Gasteiger partial charge is 0.474 e. The first-order chi connectivity index (χ1) is 14.8. The van der Waals surface area contributed by atoms with E-state index < -0.39 is 0 Å². The first kappa shape index (κ1) is 19.2. The zero-order chi connectivity index (χ0) is 20.3. The third-order valence-corrected chi connectivity index (χ3v) is 6.06. The van der Waals surface area contributed by atoms with E-state index in [4.69, 9.17) is 14.5 Å². The summed E-state index contributed by atoms with van der Waals surface area (Å²) in [6, 6.07) is 4.19. The highest BCUT2D eigenvalue weighted by Gasteiger charge is 2.26. The zero-order valence-corrected chi connectivity index (χ0v) is 17.3. The number of nitrogens with zero attached hydrogens (tertiary/aromatic N) is 5. The number of hydrogen-bond acceptors (Lipinski definition) is 7. The van der Waals surface area contributed by atoms with Gasteiger partial charge in [0, 0.05) is 49.9 Å². The van der Waals surface area contributed by atoms with Gasteiger partial charge in [-0.15, -0.1) is 0 Å². The second-order valence-electron chi connectivity index (χ2n) is 8.19. The Morgan fingerprint density at radius 1 is 1.00 bits per heavy atom. The molecule has 3 aromatic heterocycles. The van der Waals surface area contributed by atoms with Crippen LogP contribution in [-0.4, -0.2) is 52.3 Å². The molecule has 0 amide bonds. The molecule has 156 valence electrons. The van der Waals surface area contributed by atoms with Crippen LogP contribution >= 0.6 is 0 Å². The number of fused-ring (bicyclic) bond motifs is 1. The fourth-order valence-corrected chi connectivity index (χ4v) is 4.38. The van der Waals surface area contributed by atoms with Gasteiger partial charge < -0.3 is 14.4 Å². The molecule has 2 aliphatic rings. The highest BCUT2D eigenvalue weighted by atomic mass is 16.5. The summed E-state index contributed by atoms with van der Waals surface area (Å²) in [6.07, 6.45) is 11.6. The number of hydrogen-bond donors (Lipinski definition) is 0. The summed E-state index contributed by atoms with van der Waals surface area (Å²) in [6.45, 7) is 5.19. The van der Waals surface area contributed by atoms with Crippen LogP contribution in [0.25, 0.3) is 10.9 Å². The fourth-order valence-electron chi connectivity index (χ4n) is 4.38. The molecule has 1 aliphatic carbocycles. The lowest BCUT2D eigenvalue weighted by atomic mass is 9.85.